The van der Waals surface area contributed by atoms with E-state index < -0.39 is 5.82 Å². The Morgan fingerprint density at radius 2 is 2.42 bits per heavy atom. The number of anilines is 1. The Hall–Kier alpha value is -1.43. The van der Waals surface area contributed by atoms with Crippen LogP contribution in [-0.4, -0.2) is 48.7 Å². The lowest BCUT2D eigenvalue weighted by Gasteiger charge is -2.29. The lowest BCUT2D eigenvalue weighted by atomic mass is 9.95. The molecule has 6 heteroatoms. The molecule has 0 aliphatic carbocycles. The third-order valence-electron chi connectivity index (χ3n) is 3.46. The molecule has 5 nitrogen and oxygen atoms in total. The van der Waals surface area contributed by atoms with Gasteiger partial charge in [-0.3, -0.25) is 0 Å². The number of nitrogens with zero attached hydrogens (tertiary/aromatic N) is 3. The molecule has 0 saturated carbocycles. The lowest BCUT2D eigenvalue weighted by Crippen LogP contribution is -2.32. The molecule has 1 unspecified atom stereocenters. The fourth-order valence-electron chi connectivity index (χ4n) is 2.48. The summed E-state index contributed by atoms with van der Waals surface area (Å²) in [6.07, 6.45) is 4.75. The Labute approximate surface area is 113 Å². The molecule has 1 fully saturated rings. The van der Waals surface area contributed by atoms with E-state index in [9.17, 15) is 4.39 Å². The molecule has 0 amide bonds. The van der Waals surface area contributed by atoms with Crippen molar-refractivity contribution in [3.8, 4) is 5.88 Å². The highest BCUT2D eigenvalue weighted by Crippen LogP contribution is 2.18. The Bertz CT molecular complexity index is 416. The fourth-order valence-corrected chi connectivity index (χ4v) is 2.48. The van der Waals surface area contributed by atoms with E-state index in [0.29, 0.717) is 11.9 Å². The summed E-state index contributed by atoms with van der Waals surface area (Å²) in [5.41, 5.74) is 0. The topological polar surface area (TPSA) is 50.3 Å². The van der Waals surface area contributed by atoms with Crippen molar-refractivity contribution in [1.82, 2.24) is 14.9 Å². The van der Waals surface area contributed by atoms with E-state index in [2.05, 4.69) is 27.2 Å². The molecular weight excluding hydrogens is 247 g/mol. The van der Waals surface area contributed by atoms with E-state index in [4.69, 9.17) is 4.74 Å². The maximum atomic E-state index is 13.1. The first-order valence-electron chi connectivity index (χ1n) is 6.68. The smallest absolute Gasteiger partial charge is 0.255 e. The van der Waals surface area contributed by atoms with Crippen LogP contribution in [-0.2, 0) is 0 Å². The number of likely N-dealkylation sites (tertiary alicyclic amines) is 1. The molecule has 1 aliphatic heterocycles. The Morgan fingerprint density at radius 3 is 3.16 bits per heavy atom. The van der Waals surface area contributed by atoms with Crippen LogP contribution in [0.2, 0.25) is 0 Å². The molecule has 0 radical (unpaired) electrons. The van der Waals surface area contributed by atoms with Crippen molar-refractivity contribution in [3.63, 3.8) is 0 Å². The minimum atomic E-state index is -0.540. The van der Waals surface area contributed by atoms with Crippen LogP contribution >= 0.6 is 0 Å². The summed E-state index contributed by atoms with van der Waals surface area (Å²) >= 11 is 0. The van der Waals surface area contributed by atoms with Crippen molar-refractivity contribution < 1.29 is 9.13 Å². The van der Waals surface area contributed by atoms with Crippen LogP contribution in [0.15, 0.2) is 6.20 Å². The van der Waals surface area contributed by atoms with Gasteiger partial charge in [-0.25, -0.2) is 4.98 Å². The summed E-state index contributed by atoms with van der Waals surface area (Å²) in [5.74, 6) is 0.577. The first-order chi connectivity index (χ1) is 9.19. The molecule has 1 atom stereocenters. The second kappa shape index (κ2) is 6.65. The fraction of sp³-hybridized carbons (Fsp3) is 0.692. The number of methoxy groups -OCH3 is 1. The number of nitrogens with one attached hydrogen (secondary N) is 1. The highest BCUT2D eigenvalue weighted by molar-refractivity contribution is 5.28. The zero-order valence-electron chi connectivity index (χ0n) is 11.5. The van der Waals surface area contributed by atoms with E-state index in [1.165, 1.54) is 26.5 Å². The Morgan fingerprint density at radius 1 is 1.58 bits per heavy atom. The van der Waals surface area contributed by atoms with E-state index >= 15 is 0 Å². The van der Waals surface area contributed by atoms with Crippen LogP contribution in [0, 0.1) is 11.7 Å². The average Bonchev–Trinajstić information content (AvgIpc) is 2.41. The monoisotopic (exact) mass is 268 g/mol. The van der Waals surface area contributed by atoms with Crippen LogP contribution in [0.3, 0.4) is 0 Å². The molecule has 1 aromatic rings. The second-order valence-electron chi connectivity index (χ2n) is 5.04. The maximum Gasteiger partial charge on any atom is 0.255 e. The summed E-state index contributed by atoms with van der Waals surface area (Å²) in [6, 6.07) is 0. The third-order valence-corrected chi connectivity index (χ3v) is 3.46. The van der Waals surface area contributed by atoms with Gasteiger partial charge in [0.15, 0.2) is 0 Å². The number of rotatable bonds is 5. The molecule has 2 rings (SSSR count). The van der Waals surface area contributed by atoms with Gasteiger partial charge in [-0.15, -0.1) is 0 Å². The van der Waals surface area contributed by atoms with Crippen LogP contribution in [0.4, 0.5) is 10.3 Å². The van der Waals surface area contributed by atoms with Crippen LogP contribution in [0.25, 0.3) is 0 Å². The molecule has 19 heavy (non-hydrogen) atoms. The van der Waals surface area contributed by atoms with E-state index in [1.807, 2.05) is 0 Å². The van der Waals surface area contributed by atoms with Gasteiger partial charge < -0.3 is 15.0 Å². The van der Waals surface area contributed by atoms with Gasteiger partial charge in [0.25, 0.3) is 5.88 Å². The van der Waals surface area contributed by atoms with E-state index in [-0.39, 0.29) is 5.88 Å². The van der Waals surface area contributed by atoms with Crippen LogP contribution in [0.5, 0.6) is 5.88 Å². The minimum Gasteiger partial charge on any atom is -0.479 e. The van der Waals surface area contributed by atoms with Crippen molar-refractivity contribution in [2.75, 3.05) is 39.1 Å². The van der Waals surface area contributed by atoms with Gasteiger partial charge in [0.05, 0.1) is 13.3 Å². The number of hydrogen-bond donors (Lipinski definition) is 1. The zero-order chi connectivity index (χ0) is 13.7. The predicted octanol–water partition coefficient (Wildman–Crippen LogP) is 1.77. The standard InChI is InChI=1S/C13H21FN4O/c1-18-7-3-4-10(9-18)5-6-15-13-16-8-11(14)12(17-13)19-2/h8,10H,3-7,9H2,1-2H3,(H,15,16,17). The largest absolute Gasteiger partial charge is 0.479 e. The molecule has 106 valence electrons. The van der Waals surface area contributed by atoms with Crippen molar-refractivity contribution >= 4 is 5.95 Å². The van der Waals surface area contributed by atoms with E-state index in [1.54, 1.807) is 0 Å². The summed E-state index contributed by atoms with van der Waals surface area (Å²) in [5, 5.41) is 3.12. The van der Waals surface area contributed by atoms with Gasteiger partial charge in [-0.1, -0.05) is 0 Å². The predicted molar refractivity (Wildman–Crippen MR) is 71.9 cm³/mol. The number of ether oxygens (including phenoxy) is 1. The van der Waals surface area contributed by atoms with Crippen molar-refractivity contribution in [2.45, 2.75) is 19.3 Å². The normalized spacial score (nSPS) is 20.3. The number of hydrogen-bond acceptors (Lipinski definition) is 5. The van der Waals surface area contributed by atoms with Crippen molar-refractivity contribution in [3.05, 3.63) is 12.0 Å². The van der Waals surface area contributed by atoms with Crippen molar-refractivity contribution in [1.29, 1.82) is 0 Å². The minimum absolute atomic E-state index is 0.0186. The molecule has 1 N–H and O–H groups in total. The number of halogens is 1. The third kappa shape index (κ3) is 4.02. The van der Waals surface area contributed by atoms with Crippen LogP contribution in [0.1, 0.15) is 19.3 Å². The zero-order valence-corrected chi connectivity index (χ0v) is 11.5. The molecule has 2 heterocycles. The second-order valence-corrected chi connectivity index (χ2v) is 5.04. The molecule has 0 bridgehead atoms. The molecule has 0 spiro atoms. The first-order valence-corrected chi connectivity index (χ1v) is 6.68. The summed E-state index contributed by atoms with van der Waals surface area (Å²) in [4.78, 5) is 10.2. The van der Waals surface area contributed by atoms with Gasteiger partial charge in [0.1, 0.15) is 0 Å². The van der Waals surface area contributed by atoms with Gasteiger partial charge in [-0.05, 0) is 38.8 Å². The summed E-state index contributed by atoms with van der Waals surface area (Å²) in [6.45, 7) is 3.14. The molecular formula is C13H21FN4O. The first kappa shape index (κ1) is 14.0. The van der Waals surface area contributed by atoms with Gasteiger partial charge in [-0.2, -0.15) is 9.37 Å². The SMILES string of the molecule is COc1nc(NCCC2CCCN(C)C2)ncc1F. The number of piperidine rings is 1. The molecule has 1 saturated heterocycles. The van der Waals surface area contributed by atoms with Gasteiger partial charge in [0.2, 0.25) is 11.8 Å². The molecule has 1 aliphatic rings. The summed E-state index contributed by atoms with van der Waals surface area (Å²) in [7, 11) is 3.56. The highest BCUT2D eigenvalue weighted by atomic mass is 19.1. The number of aromatic nitrogens is 2. The average molecular weight is 268 g/mol. The summed E-state index contributed by atoms with van der Waals surface area (Å²) < 4.78 is 18.0. The van der Waals surface area contributed by atoms with Crippen molar-refractivity contribution in [2.24, 2.45) is 5.92 Å². The molecule has 1 aromatic heterocycles. The maximum absolute atomic E-state index is 13.1. The van der Waals surface area contributed by atoms with Gasteiger partial charge >= 0.3 is 0 Å². The highest BCUT2D eigenvalue weighted by Gasteiger charge is 2.16. The van der Waals surface area contributed by atoms with Gasteiger partial charge in [0, 0.05) is 13.1 Å². The lowest BCUT2D eigenvalue weighted by molar-refractivity contribution is 0.205. The van der Waals surface area contributed by atoms with E-state index in [0.717, 1.165) is 25.7 Å². The Balaban J connectivity index is 1.79. The Kier molecular flexibility index (Phi) is 4.90. The molecule has 0 aromatic carbocycles. The quantitative estimate of drug-likeness (QED) is 0.882. The van der Waals surface area contributed by atoms with Crippen LogP contribution < -0.4 is 10.1 Å².